The van der Waals surface area contributed by atoms with Gasteiger partial charge in [0.05, 0.1) is 6.61 Å². The molecule has 0 rings (SSSR count). The van der Waals surface area contributed by atoms with Gasteiger partial charge < -0.3 is 9.64 Å². The van der Waals surface area contributed by atoms with E-state index in [9.17, 15) is 9.59 Å². The van der Waals surface area contributed by atoms with Gasteiger partial charge in [-0.05, 0) is 6.42 Å². The number of unbranched alkanes of at least 4 members (excludes halogenated alkanes) is 1. The first-order chi connectivity index (χ1) is 8.56. The largest absolute Gasteiger partial charge is 0.383 e. The zero-order valence-corrected chi connectivity index (χ0v) is 11.4. The second-order valence-electron chi connectivity index (χ2n) is 4.33. The summed E-state index contributed by atoms with van der Waals surface area (Å²) < 4.78 is 4.91. The van der Waals surface area contributed by atoms with Crippen molar-refractivity contribution in [3.63, 3.8) is 0 Å². The highest BCUT2D eigenvalue weighted by molar-refractivity contribution is 5.85. The van der Waals surface area contributed by atoms with Crippen molar-refractivity contribution in [1.29, 1.82) is 0 Å². The van der Waals surface area contributed by atoms with Crippen LogP contribution in [0.15, 0.2) is 0 Å². The first kappa shape index (κ1) is 16.9. The van der Waals surface area contributed by atoms with E-state index < -0.39 is 5.91 Å². The molecule has 18 heavy (non-hydrogen) atoms. The van der Waals surface area contributed by atoms with Gasteiger partial charge in [-0.25, -0.2) is 5.48 Å². The van der Waals surface area contributed by atoms with Crippen LogP contribution in [0.2, 0.25) is 0 Å². The van der Waals surface area contributed by atoms with Gasteiger partial charge in [-0.15, -0.1) is 0 Å². The molecule has 2 amide bonds. The fraction of sp³-hybridized carbons (Fsp3) is 0.833. The topological polar surface area (TPSA) is 78.9 Å². The smallest absolute Gasteiger partial charge is 0.244 e. The lowest BCUT2D eigenvalue weighted by Crippen LogP contribution is -2.37. The number of hydrogen-bond donors (Lipinski definition) is 2. The van der Waals surface area contributed by atoms with Crippen molar-refractivity contribution in [2.24, 2.45) is 5.92 Å². The monoisotopic (exact) mass is 260 g/mol. The minimum atomic E-state index is -0.524. The molecular weight excluding hydrogens is 236 g/mol. The number of hydrogen-bond acceptors (Lipinski definition) is 4. The van der Waals surface area contributed by atoms with Crippen molar-refractivity contribution in [3.05, 3.63) is 0 Å². The van der Waals surface area contributed by atoms with E-state index in [1.165, 1.54) is 0 Å². The number of amides is 2. The van der Waals surface area contributed by atoms with E-state index in [4.69, 9.17) is 9.94 Å². The van der Waals surface area contributed by atoms with Gasteiger partial charge in [0.15, 0.2) is 0 Å². The van der Waals surface area contributed by atoms with E-state index in [2.05, 4.69) is 0 Å². The van der Waals surface area contributed by atoms with Gasteiger partial charge in [0.25, 0.3) is 0 Å². The molecule has 0 bridgehead atoms. The third-order valence-corrected chi connectivity index (χ3v) is 2.82. The Morgan fingerprint density at radius 1 is 1.44 bits per heavy atom. The van der Waals surface area contributed by atoms with Gasteiger partial charge in [0, 0.05) is 33.0 Å². The van der Waals surface area contributed by atoms with Crippen molar-refractivity contribution >= 4 is 11.8 Å². The first-order valence-electron chi connectivity index (χ1n) is 6.23. The fourth-order valence-corrected chi connectivity index (χ4v) is 1.68. The molecular formula is C12H24N2O4. The summed E-state index contributed by atoms with van der Waals surface area (Å²) in [5, 5.41) is 8.53. The second-order valence-corrected chi connectivity index (χ2v) is 4.33. The van der Waals surface area contributed by atoms with Crippen LogP contribution >= 0.6 is 0 Å². The molecule has 1 atom stereocenters. The highest BCUT2D eigenvalue weighted by Crippen LogP contribution is 2.15. The molecule has 0 aromatic heterocycles. The summed E-state index contributed by atoms with van der Waals surface area (Å²) in [5.41, 5.74) is 1.57. The third-order valence-electron chi connectivity index (χ3n) is 2.82. The van der Waals surface area contributed by atoms with Crippen LogP contribution in [0, 0.1) is 5.92 Å². The molecule has 0 saturated heterocycles. The summed E-state index contributed by atoms with van der Waals surface area (Å²) in [7, 11) is 3.27. The maximum Gasteiger partial charge on any atom is 0.244 e. The van der Waals surface area contributed by atoms with Crippen molar-refractivity contribution < 1.29 is 19.5 Å². The fourth-order valence-electron chi connectivity index (χ4n) is 1.68. The van der Waals surface area contributed by atoms with Crippen LogP contribution in [-0.2, 0) is 14.3 Å². The lowest BCUT2D eigenvalue weighted by molar-refractivity contribution is -0.140. The average Bonchev–Trinajstić information content (AvgIpc) is 2.39. The third kappa shape index (κ3) is 6.56. The molecule has 2 N–H and O–H groups in total. The number of ether oxygens (including phenoxy) is 1. The van der Waals surface area contributed by atoms with E-state index in [1.807, 2.05) is 6.92 Å². The van der Waals surface area contributed by atoms with Gasteiger partial charge in [0.2, 0.25) is 11.8 Å². The molecule has 6 heteroatoms. The van der Waals surface area contributed by atoms with Crippen molar-refractivity contribution in [1.82, 2.24) is 10.4 Å². The van der Waals surface area contributed by atoms with E-state index in [0.717, 1.165) is 12.8 Å². The van der Waals surface area contributed by atoms with Gasteiger partial charge >= 0.3 is 0 Å². The van der Waals surface area contributed by atoms with Gasteiger partial charge in [-0.3, -0.25) is 14.8 Å². The molecule has 0 aliphatic carbocycles. The Morgan fingerprint density at radius 2 is 2.11 bits per heavy atom. The number of likely N-dealkylation sites (N-methyl/N-ethyl adjacent to an activating group) is 1. The Labute approximate surface area is 108 Å². The van der Waals surface area contributed by atoms with Gasteiger partial charge in [-0.2, -0.15) is 0 Å². The number of nitrogens with one attached hydrogen (secondary N) is 1. The molecule has 0 aromatic carbocycles. The Bertz CT molecular complexity index is 258. The Kier molecular flexibility index (Phi) is 9.22. The zero-order chi connectivity index (χ0) is 14.0. The maximum absolute atomic E-state index is 12.1. The first-order valence-corrected chi connectivity index (χ1v) is 6.23. The molecule has 106 valence electrons. The van der Waals surface area contributed by atoms with Gasteiger partial charge in [-0.1, -0.05) is 19.8 Å². The van der Waals surface area contributed by atoms with E-state index >= 15 is 0 Å². The van der Waals surface area contributed by atoms with Crippen molar-refractivity contribution in [2.75, 3.05) is 27.3 Å². The van der Waals surface area contributed by atoms with Crippen molar-refractivity contribution in [3.8, 4) is 0 Å². The predicted octanol–water partition coefficient (Wildman–Crippen LogP) is 0.793. The van der Waals surface area contributed by atoms with E-state index in [-0.39, 0.29) is 18.2 Å². The highest BCUT2D eigenvalue weighted by atomic mass is 16.5. The number of carbonyl (C=O) groups is 2. The molecule has 0 aliphatic rings. The lowest BCUT2D eigenvalue weighted by atomic mass is 9.96. The summed E-state index contributed by atoms with van der Waals surface area (Å²) >= 11 is 0. The quantitative estimate of drug-likeness (QED) is 0.474. The molecule has 0 heterocycles. The van der Waals surface area contributed by atoms with Crippen LogP contribution in [0.5, 0.6) is 0 Å². The summed E-state index contributed by atoms with van der Waals surface area (Å²) in [6, 6.07) is 0. The zero-order valence-electron chi connectivity index (χ0n) is 11.4. The molecule has 0 saturated carbocycles. The lowest BCUT2D eigenvalue weighted by Gasteiger charge is -2.23. The number of nitrogens with zero attached hydrogens (tertiary/aromatic N) is 1. The molecule has 1 unspecified atom stereocenters. The van der Waals surface area contributed by atoms with Crippen LogP contribution in [0.25, 0.3) is 0 Å². The molecule has 0 aromatic rings. The molecule has 0 fully saturated rings. The molecule has 0 spiro atoms. The number of methoxy groups -OCH3 is 1. The molecule has 6 nitrogen and oxygen atoms in total. The summed E-state index contributed by atoms with van der Waals surface area (Å²) in [5.74, 6) is -0.979. The van der Waals surface area contributed by atoms with Crippen LogP contribution in [0.3, 0.4) is 0 Å². The minimum Gasteiger partial charge on any atom is -0.383 e. The van der Waals surface area contributed by atoms with E-state index in [0.29, 0.717) is 19.6 Å². The van der Waals surface area contributed by atoms with Gasteiger partial charge in [0.1, 0.15) is 0 Å². The minimum absolute atomic E-state index is 0.0205. The number of carbonyl (C=O) groups excluding carboxylic acids is 2. The van der Waals surface area contributed by atoms with Crippen LogP contribution in [0.4, 0.5) is 0 Å². The average molecular weight is 260 g/mol. The Morgan fingerprint density at radius 3 is 2.61 bits per heavy atom. The number of rotatable bonds is 9. The summed E-state index contributed by atoms with van der Waals surface area (Å²) in [6.45, 7) is 3.00. The molecule has 0 radical (unpaired) electrons. The van der Waals surface area contributed by atoms with Crippen molar-refractivity contribution in [2.45, 2.75) is 32.6 Å². The number of hydroxylamine groups is 1. The Hall–Kier alpha value is -1.14. The van der Waals surface area contributed by atoms with Crippen LogP contribution < -0.4 is 5.48 Å². The second kappa shape index (κ2) is 9.85. The normalized spacial score (nSPS) is 12.0. The highest BCUT2D eigenvalue weighted by Gasteiger charge is 2.24. The molecule has 0 aliphatic heterocycles. The van der Waals surface area contributed by atoms with Crippen LogP contribution in [0.1, 0.15) is 32.6 Å². The van der Waals surface area contributed by atoms with Crippen LogP contribution in [-0.4, -0.2) is 49.2 Å². The SMILES string of the molecule is CCCCC(CC(=O)NO)C(=O)N(C)CCOC. The Balaban J connectivity index is 4.41. The summed E-state index contributed by atoms with van der Waals surface area (Å²) in [6.07, 6.45) is 2.52. The maximum atomic E-state index is 12.1. The van der Waals surface area contributed by atoms with E-state index in [1.54, 1.807) is 24.5 Å². The predicted molar refractivity (Wildman–Crippen MR) is 67.1 cm³/mol. The standard InChI is InChI=1S/C12H24N2O4/c1-4-5-6-10(9-11(15)13-17)12(16)14(2)7-8-18-3/h10,17H,4-9H2,1-3H3,(H,13,15). The summed E-state index contributed by atoms with van der Waals surface area (Å²) in [4.78, 5) is 24.8.